The molecule has 2 atom stereocenters. The number of amides is 1. The van der Waals surface area contributed by atoms with E-state index in [2.05, 4.69) is 4.90 Å². The third kappa shape index (κ3) is 5.71. The van der Waals surface area contributed by atoms with Crippen molar-refractivity contribution in [2.45, 2.75) is 12.4 Å². The number of phenolic OH excluding ortho intramolecular Hbond substituents is 1. The van der Waals surface area contributed by atoms with Gasteiger partial charge in [-0.1, -0.05) is 29.3 Å². The number of rotatable bonds is 6. The predicted molar refractivity (Wildman–Crippen MR) is 138 cm³/mol. The molecule has 2 aliphatic rings. The number of hydrogen-bond acceptors (Lipinski definition) is 6. The summed E-state index contributed by atoms with van der Waals surface area (Å²) in [6.07, 6.45) is -0.744. The van der Waals surface area contributed by atoms with Crippen LogP contribution in [0.5, 0.6) is 11.5 Å². The van der Waals surface area contributed by atoms with Gasteiger partial charge in [0.05, 0.1) is 11.6 Å². The monoisotopic (exact) mass is 528 g/mol. The van der Waals surface area contributed by atoms with E-state index in [-0.39, 0.29) is 17.8 Å². The second kappa shape index (κ2) is 11.0. The van der Waals surface area contributed by atoms with Crippen molar-refractivity contribution in [3.63, 3.8) is 0 Å². The number of carbonyl (C=O) groups is 1. The van der Waals surface area contributed by atoms with Crippen molar-refractivity contribution in [2.75, 3.05) is 44.3 Å². The molecular weight excluding hydrogens is 503 g/mol. The van der Waals surface area contributed by atoms with Gasteiger partial charge in [0, 0.05) is 48.0 Å². The third-order valence-electron chi connectivity index (χ3n) is 6.28. The van der Waals surface area contributed by atoms with Crippen molar-refractivity contribution in [3.8, 4) is 11.5 Å². The molecular formula is C27H26Cl2N2O5. The molecule has 9 heteroatoms. The number of halogens is 2. The van der Waals surface area contributed by atoms with E-state index in [0.29, 0.717) is 41.9 Å². The van der Waals surface area contributed by atoms with Gasteiger partial charge in [-0.05, 0) is 60.7 Å². The Bertz CT molecular complexity index is 1200. The molecule has 1 amide bonds. The maximum absolute atomic E-state index is 12.7. The van der Waals surface area contributed by atoms with Crippen molar-refractivity contribution in [1.82, 2.24) is 4.90 Å². The van der Waals surface area contributed by atoms with Crippen molar-refractivity contribution >= 4 is 34.8 Å². The van der Waals surface area contributed by atoms with Crippen molar-refractivity contribution < 1.29 is 24.1 Å². The van der Waals surface area contributed by atoms with Crippen LogP contribution in [0.3, 0.4) is 0 Å². The van der Waals surface area contributed by atoms with Gasteiger partial charge < -0.3 is 29.1 Å². The minimum atomic E-state index is -0.537. The van der Waals surface area contributed by atoms with Crippen LogP contribution in [0, 0.1) is 0 Å². The number of aromatic hydroxyl groups is 1. The van der Waals surface area contributed by atoms with Gasteiger partial charge in [-0.3, -0.25) is 4.79 Å². The number of ether oxygens (including phenoxy) is 3. The highest BCUT2D eigenvalue weighted by Crippen LogP contribution is 2.33. The van der Waals surface area contributed by atoms with Gasteiger partial charge in [0.15, 0.2) is 6.29 Å². The molecule has 2 aliphatic heterocycles. The van der Waals surface area contributed by atoms with E-state index in [1.807, 2.05) is 29.2 Å². The van der Waals surface area contributed by atoms with E-state index >= 15 is 0 Å². The number of anilines is 1. The molecule has 3 aromatic carbocycles. The normalized spacial score (nSPS) is 19.9. The SMILES string of the molecule is O=C(c1ccc(O)cc1)N1CCN(c2ccc(OCC3COC(c4ccc(Cl)cc4Cl)O3)cc2)CC1. The van der Waals surface area contributed by atoms with Gasteiger partial charge in [-0.2, -0.15) is 0 Å². The molecule has 0 aliphatic carbocycles. The van der Waals surface area contributed by atoms with Crippen molar-refractivity contribution in [3.05, 3.63) is 87.9 Å². The van der Waals surface area contributed by atoms with Crippen LogP contribution in [-0.4, -0.2) is 61.4 Å². The lowest BCUT2D eigenvalue weighted by Gasteiger charge is -2.36. The van der Waals surface area contributed by atoms with E-state index < -0.39 is 6.29 Å². The maximum atomic E-state index is 12.7. The highest BCUT2D eigenvalue weighted by Gasteiger charge is 2.29. The van der Waals surface area contributed by atoms with Gasteiger partial charge in [0.1, 0.15) is 24.2 Å². The van der Waals surface area contributed by atoms with Gasteiger partial charge in [0.25, 0.3) is 5.91 Å². The Hall–Kier alpha value is -2.97. The van der Waals surface area contributed by atoms with Gasteiger partial charge >= 0.3 is 0 Å². The van der Waals surface area contributed by atoms with Crippen LogP contribution in [0.2, 0.25) is 10.0 Å². The van der Waals surface area contributed by atoms with Crippen LogP contribution >= 0.6 is 23.2 Å². The zero-order valence-electron chi connectivity index (χ0n) is 19.5. The minimum absolute atomic E-state index is 0.0166. The molecule has 2 fully saturated rings. The standard InChI is InChI=1S/C27H26Cl2N2O5/c28-19-3-10-24(25(29)15-19)27-35-17-23(36-27)16-34-22-8-4-20(5-9-22)30-11-13-31(14-12-30)26(33)18-1-6-21(32)7-2-18/h1-10,15,23,27,32H,11-14,16-17H2. The van der Waals surface area contributed by atoms with E-state index in [0.717, 1.165) is 30.1 Å². The Morgan fingerprint density at radius 2 is 1.69 bits per heavy atom. The molecule has 7 nitrogen and oxygen atoms in total. The van der Waals surface area contributed by atoms with Crippen LogP contribution in [0.1, 0.15) is 22.2 Å². The lowest BCUT2D eigenvalue weighted by molar-refractivity contribution is -0.0658. The summed E-state index contributed by atoms with van der Waals surface area (Å²) in [5.41, 5.74) is 2.41. The summed E-state index contributed by atoms with van der Waals surface area (Å²) >= 11 is 12.2. The van der Waals surface area contributed by atoms with Gasteiger partial charge in [0.2, 0.25) is 0 Å². The predicted octanol–water partition coefficient (Wildman–Crippen LogP) is 5.15. The minimum Gasteiger partial charge on any atom is -0.508 e. The average molecular weight is 529 g/mol. The number of nitrogens with zero attached hydrogens (tertiary/aromatic N) is 2. The zero-order chi connectivity index (χ0) is 25.1. The highest BCUT2D eigenvalue weighted by molar-refractivity contribution is 6.35. The number of phenols is 1. The maximum Gasteiger partial charge on any atom is 0.253 e. The summed E-state index contributed by atoms with van der Waals surface area (Å²) < 4.78 is 17.6. The second-order valence-corrected chi connectivity index (χ2v) is 9.56. The molecule has 5 rings (SSSR count). The molecule has 188 valence electrons. The summed E-state index contributed by atoms with van der Waals surface area (Å²) in [5.74, 6) is 0.883. The topological polar surface area (TPSA) is 71.5 Å². The Balaban J connectivity index is 1.09. The van der Waals surface area contributed by atoms with E-state index in [1.54, 1.807) is 30.3 Å². The summed E-state index contributed by atoms with van der Waals surface area (Å²) in [6, 6.07) is 19.5. The van der Waals surface area contributed by atoms with Crippen LogP contribution in [0.15, 0.2) is 66.7 Å². The molecule has 2 heterocycles. The molecule has 0 saturated carbocycles. The lowest BCUT2D eigenvalue weighted by Crippen LogP contribution is -2.48. The van der Waals surface area contributed by atoms with Crippen LogP contribution in [0.25, 0.3) is 0 Å². The Labute approximate surface area is 219 Å². The number of benzene rings is 3. The third-order valence-corrected chi connectivity index (χ3v) is 6.85. The smallest absolute Gasteiger partial charge is 0.253 e. The largest absolute Gasteiger partial charge is 0.508 e. The molecule has 2 saturated heterocycles. The van der Waals surface area contributed by atoms with E-state index in [4.69, 9.17) is 37.4 Å². The molecule has 36 heavy (non-hydrogen) atoms. The fourth-order valence-corrected chi connectivity index (χ4v) is 4.79. The number of piperazine rings is 1. The lowest BCUT2D eigenvalue weighted by atomic mass is 10.1. The van der Waals surface area contributed by atoms with E-state index in [9.17, 15) is 9.90 Å². The van der Waals surface area contributed by atoms with Crippen LogP contribution < -0.4 is 9.64 Å². The molecule has 3 aromatic rings. The first-order valence-electron chi connectivity index (χ1n) is 11.7. The average Bonchev–Trinajstić information content (AvgIpc) is 3.37. The first kappa shape index (κ1) is 24.7. The van der Waals surface area contributed by atoms with Gasteiger partial charge in [-0.25, -0.2) is 0 Å². The number of hydrogen-bond donors (Lipinski definition) is 1. The van der Waals surface area contributed by atoms with E-state index in [1.165, 1.54) is 12.1 Å². The summed E-state index contributed by atoms with van der Waals surface area (Å²) in [6.45, 7) is 3.53. The zero-order valence-corrected chi connectivity index (χ0v) is 21.0. The first-order valence-corrected chi connectivity index (χ1v) is 12.5. The van der Waals surface area contributed by atoms with Gasteiger partial charge in [-0.15, -0.1) is 0 Å². The fraction of sp³-hybridized carbons (Fsp3) is 0.296. The number of carbonyl (C=O) groups excluding carboxylic acids is 1. The second-order valence-electron chi connectivity index (χ2n) is 8.72. The van der Waals surface area contributed by atoms with Crippen molar-refractivity contribution in [1.29, 1.82) is 0 Å². The molecule has 0 spiro atoms. The Morgan fingerprint density at radius 3 is 2.39 bits per heavy atom. The molecule has 0 radical (unpaired) electrons. The quantitative estimate of drug-likeness (QED) is 0.476. The fourth-order valence-electron chi connectivity index (χ4n) is 4.29. The Kier molecular flexibility index (Phi) is 7.53. The molecule has 0 aromatic heterocycles. The van der Waals surface area contributed by atoms with Crippen LogP contribution in [0.4, 0.5) is 5.69 Å². The Morgan fingerprint density at radius 1 is 0.972 bits per heavy atom. The highest BCUT2D eigenvalue weighted by atomic mass is 35.5. The first-order chi connectivity index (χ1) is 17.5. The molecule has 0 bridgehead atoms. The van der Waals surface area contributed by atoms with Crippen molar-refractivity contribution in [2.24, 2.45) is 0 Å². The van der Waals surface area contributed by atoms with Crippen LogP contribution in [-0.2, 0) is 9.47 Å². The molecule has 1 N–H and O–H groups in total. The summed E-state index contributed by atoms with van der Waals surface area (Å²) in [5, 5.41) is 10.5. The summed E-state index contributed by atoms with van der Waals surface area (Å²) in [4.78, 5) is 16.8. The molecule has 2 unspecified atom stereocenters. The summed E-state index contributed by atoms with van der Waals surface area (Å²) in [7, 11) is 0.